The van der Waals surface area contributed by atoms with Crippen LogP contribution >= 0.6 is 0 Å². The maximum absolute atomic E-state index is 12.1. The van der Waals surface area contributed by atoms with Crippen molar-refractivity contribution in [1.29, 1.82) is 0 Å². The van der Waals surface area contributed by atoms with E-state index in [1.54, 1.807) is 26.0 Å². The molecule has 2 amide bonds. The third kappa shape index (κ3) is 6.61. The predicted octanol–water partition coefficient (Wildman–Crippen LogP) is 2.80. The van der Waals surface area contributed by atoms with Crippen LogP contribution in [0.5, 0.6) is 11.5 Å². The number of nitrogens with one attached hydrogen (secondary N) is 1. The molecule has 0 radical (unpaired) electrons. The highest BCUT2D eigenvalue weighted by Crippen LogP contribution is 2.27. The van der Waals surface area contributed by atoms with Gasteiger partial charge in [0.15, 0.2) is 11.5 Å². The van der Waals surface area contributed by atoms with Gasteiger partial charge >= 0.3 is 0 Å². The van der Waals surface area contributed by atoms with Crippen LogP contribution in [-0.4, -0.2) is 44.0 Å². The maximum Gasteiger partial charge on any atom is 0.220 e. The summed E-state index contributed by atoms with van der Waals surface area (Å²) in [4.78, 5) is 25.7. The molecule has 0 aliphatic heterocycles. The Labute approximate surface area is 166 Å². The third-order valence-electron chi connectivity index (χ3n) is 4.45. The first kappa shape index (κ1) is 21.3. The molecular formula is C22H28N2O4. The summed E-state index contributed by atoms with van der Waals surface area (Å²) in [6.45, 7) is 2.99. The molecule has 2 aromatic carbocycles. The summed E-state index contributed by atoms with van der Waals surface area (Å²) in [5.41, 5.74) is 2.07. The van der Waals surface area contributed by atoms with Gasteiger partial charge in [0.25, 0.3) is 0 Å². The quantitative estimate of drug-likeness (QED) is 0.684. The Kier molecular flexibility index (Phi) is 8.34. The number of ether oxygens (including phenoxy) is 2. The van der Waals surface area contributed by atoms with Crippen LogP contribution in [0.25, 0.3) is 0 Å². The lowest BCUT2D eigenvalue weighted by molar-refractivity contribution is -0.130. The molecule has 0 atom stereocenters. The SMILES string of the molecule is COc1ccc(CCC(=O)NCCN(Cc2ccccc2)C(C)=O)cc1OC. The largest absolute Gasteiger partial charge is 0.493 e. The Morgan fingerprint density at radius 1 is 0.964 bits per heavy atom. The van der Waals surface area contributed by atoms with Gasteiger partial charge in [0, 0.05) is 33.0 Å². The minimum Gasteiger partial charge on any atom is -0.493 e. The summed E-state index contributed by atoms with van der Waals surface area (Å²) in [6, 6.07) is 15.4. The van der Waals surface area contributed by atoms with Crippen molar-refractivity contribution in [1.82, 2.24) is 10.2 Å². The normalized spacial score (nSPS) is 10.2. The van der Waals surface area contributed by atoms with Crippen molar-refractivity contribution < 1.29 is 19.1 Å². The van der Waals surface area contributed by atoms with Gasteiger partial charge in [0.2, 0.25) is 11.8 Å². The smallest absolute Gasteiger partial charge is 0.220 e. The molecule has 0 fully saturated rings. The fourth-order valence-corrected chi connectivity index (χ4v) is 2.86. The average molecular weight is 384 g/mol. The number of hydrogen-bond acceptors (Lipinski definition) is 4. The van der Waals surface area contributed by atoms with Crippen molar-refractivity contribution in [2.45, 2.75) is 26.3 Å². The number of carbonyl (C=O) groups is 2. The maximum atomic E-state index is 12.1. The molecule has 6 heteroatoms. The van der Waals surface area contributed by atoms with E-state index in [1.807, 2.05) is 48.5 Å². The molecule has 0 aliphatic rings. The van der Waals surface area contributed by atoms with Crippen LogP contribution in [0, 0.1) is 0 Å². The van der Waals surface area contributed by atoms with Crippen LogP contribution in [0.2, 0.25) is 0 Å². The monoisotopic (exact) mass is 384 g/mol. The Bertz CT molecular complexity index is 777. The number of rotatable bonds is 10. The van der Waals surface area contributed by atoms with E-state index in [0.29, 0.717) is 44.0 Å². The second-order valence-corrected chi connectivity index (χ2v) is 6.47. The molecule has 1 N–H and O–H groups in total. The van der Waals surface area contributed by atoms with Crippen molar-refractivity contribution in [3.05, 3.63) is 59.7 Å². The molecule has 0 spiro atoms. The average Bonchev–Trinajstić information content (AvgIpc) is 2.71. The van der Waals surface area contributed by atoms with Gasteiger partial charge in [0.05, 0.1) is 14.2 Å². The molecule has 0 aromatic heterocycles. The van der Waals surface area contributed by atoms with Gasteiger partial charge < -0.3 is 19.7 Å². The minimum absolute atomic E-state index is 0.0107. The highest BCUT2D eigenvalue weighted by atomic mass is 16.5. The van der Waals surface area contributed by atoms with Gasteiger partial charge in [-0.1, -0.05) is 36.4 Å². The van der Waals surface area contributed by atoms with Crippen LogP contribution in [0.3, 0.4) is 0 Å². The number of hydrogen-bond donors (Lipinski definition) is 1. The first-order valence-electron chi connectivity index (χ1n) is 9.30. The van der Waals surface area contributed by atoms with E-state index in [0.717, 1.165) is 11.1 Å². The number of aryl methyl sites for hydroxylation is 1. The Morgan fingerprint density at radius 2 is 1.68 bits per heavy atom. The van der Waals surface area contributed by atoms with Crippen molar-refractivity contribution in [3.8, 4) is 11.5 Å². The summed E-state index contributed by atoms with van der Waals surface area (Å²) < 4.78 is 10.5. The summed E-state index contributed by atoms with van der Waals surface area (Å²) in [6.07, 6.45) is 0.973. The molecule has 0 saturated carbocycles. The molecule has 2 aromatic rings. The van der Waals surface area contributed by atoms with Crippen LogP contribution in [-0.2, 0) is 22.6 Å². The van der Waals surface area contributed by atoms with E-state index >= 15 is 0 Å². The molecule has 150 valence electrons. The Balaban J connectivity index is 1.77. The lowest BCUT2D eigenvalue weighted by atomic mass is 10.1. The zero-order valence-electron chi connectivity index (χ0n) is 16.7. The molecule has 6 nitrogen and oxygen atoms in total. The summed E-state index contributed by atoms with van der Waals surface area (Å²) in [7, 11) is 3.18. The summed E-state index contributed by atoms with van der Waals surface area (Å²) in [5, 5.41) is 2.89. The zero-order valence-corrected chi connectivity index (χ0v) is 16.7. The van der Waals surface area contributed by atoms with Crippen molar-refractivity contribution in [3.63, 3.8) is 0 Å². The highest BCUT2D eigenvalue weighted by Gasteiger charge is 2.11. The Hall–Kier alpha value is -3.02. The van der Waals surface area contributed by atoms with Crippen molar-refractivity contribution in [2.24, 2.45) is 0 Å². The number of nitrogens with zero attached hydrogens (tertiary/aromatic N) is 1. The standard InChI is InChI=1S/C22H28N2O4/c1-17(25)24(16-19-7-5-4-6-8-19)14-13-23-22(26)12-10-18-9-11-20(27-2)21(15-18)28-3/h4-9,11,15H,10,12-14,16H2,1-3H3,(H,23,26). The first-order valence-corrected chi connectivity index (χ1v) is 9.30. The Morgan fingerprint density at radius 3 is 2.32 bits per heavy atom. The van der Waals surface area contributed by atoms with E-state index in [1.165, 1.54) is 0 Å². The molecule has 2 rings (SSSR count). The number of benzene rings is 2. The molecule has 0 heterocycles. The highest BCUT2D eigenvalue weighted by molar-refractivity contribution is 5.76. The van der Waals surface area contributed by atoms with E-state index in [4.69, 9.17) is 9.47 Å². The lowest BCUT2D eigenvalue weighted by Crippen LogP contribution is -2.37. The van der Waals surface area contributed by atoms with Gasteiger partial charge in [-0.3, -0.25) is 9.59 Å². The summed E-state index contributed by atoms with van der Waals surface area (Å²) in [5.74, 6) is 1.26. The van der Waals surface area contributed by atoms with E-state index in [-0.39, 0.29) is 11.8 Å². The second kappa shape index (κ2) is 11.0. The second-order valence-electron chi connectivity index (χ2n) is 6.47. The molecule has 0 bridgehead atoms. The topological polar surface area (TPSA) is 67.9 Å². The molecular weight excluding hydrogens is 356 g/mol. The van der Waals surface area contributed by atoms with Crippen molar-refractivity contribution >= 4 is 11.8 Å². The lowest BCUT2D eigenvalue weighted by Gasteiger charge is -2.21. The third-order valence-corrected chi connectivity index (χ3v) is 4.45. The molecule has 0 saturated heterocycles. The van der Waals surface area contributed by atoms with Gasteiger partial charge in [0.1, 0.15) is 0 Å². The van der Waals surface area contributed by atoms with Crippen LogP contribution in [0.1, 0.15) is 24.5 Å². The van der Waals surface area contributed by atoms with Crippen LogP contribution in [0.15, 0.2) is 48.5 Å². The van der Waals surface area contributed by atoms with E-state index < -0.39 is 0 Å². The molecule has 0 unspecified atom stereocenters. The van der Waals surface area contributed by atoms with E-state index in [2.05, 4.69) is 5.32 Å². The fraction of sp³-hybridized carbons (Fsp3) is 0.364. The van der Waals surface area contributed by atoms with Gasteiger partial charge in [-0.05, 0) is 29.7 Å². The number of amides is 2. The molecule has 28 heavy (non-hydrogen) atoms. The number of carbonyl (C=O) groups excluding carboxylic acids is 2. The fourth-order valence-electron chi connectivity index (χ4n) is 2.86. The van der Waals surface area contributed by atoms with E-state index in [9.17, 15) is 9.59 Å². The van der Waals surface area contributed by atoms with Crippen LogP contribution < -0.4 is 14.8 Å². The summed E-state index contributed by atoms with van der Waals surface area (Å²) >= 11 is 0. The van der Waals surface area contributed by atoms with Crippen LogP contribution in [0.4, 0.5) is 0 Å². The number of methoxy groups -OCH3 is 2. The minimum atomic E-state index is -0.0435. The first-order chi connectivity index (χ1) is 13.5. The molecule has 0 aliphatic carbocycles. The van der Waals surface area contributed by atoms with Gasteiger partial charge in [-0.25, -0.2) is 0 Å². The zero-order chi connectivity index (χ0) is 20.4. The van der Waals surface area contributed by atoms with Gasteiger partial charge in [-0.2, -0.15) is 0 Å². The predicted molar refractivity (Wildman–Crippen MR) is 108 cm³/mol. The van der Waals surface area contributed by atoms with Crippen molar-refractivity contribution in [2.75, 3.05) is 27.3 Å². The van der Waals surface area contributed by atoms with Gasteiger partial charge in [-0.15, -0.1) is 0 Å².